The Kier molecular flexibility index (Phi) is 4.76. The minimum absolute atomic E-state index is 0.0210. The molecule has 0 aromatic heterocycles. The van der Waals surface area contributed by atoms with Crippen LogP contribution in [0.5, 0.6) is 0 Å². The van der Waals surface area contributed by atoms with Crippen LogP contribution in [-0.2, 0) is 14.3 Å². The Bertz CT molecular complexity index is 344. The Balaban J connectivity index is 1.89. The quantitative estimate of drug-likeness (QED) is 0.688. The Morgan fingerprint density at radius 3 is 2.79 bits per heavy atom. The van der Waals surface area contributed by atoms with Gasteiger partial charge in [-0.15, -0.1) is 0 Å². The molecule has 1 aliphatic heterocycles. The zero-order valence-corrected chi connectivity index (χ0v) is 11.4. The van der Waals surface area contributed by atoms with Crippen LogP contribution in [0.2, 0.25) is 0 Å². The van der Waals surface area contributed by atoms with Gasteiger partial charge in [0.05, 0.1) is 6.04 Å². The first-order chi connectivity index (χ1) is 9.13. The second kappa shape index (κ2) is 6.34. The molecule has 0 aromatic rings. The molecule has 1 heterocycles. The Labute approximate surface area is 113 Å². The van der Waals surface area contributed by atoms with Crippen molar-refractivity contribution in [2.75, 3.05) is 20.3 Å². The SMILES string of the molecule is COCCC(N)C(=O)N1CCCC1C(=O)NC1CC1. The number of ether oxygens (including phenoxy) is 1. The molecule has 0 aromatic carbocycles. The predicted molar refractivity (Wildman–Crippen MR) is 70.4 cm³/mol. The van der Waals surface area contributed by atoms with Crippen molar-refractivity contribution < 1.29 is 14.3 Å². The van der Waals surface area contributed by atoms with Gasteiger partial charge in [-0.25, -0.2) is 0 Å². The predicted octanol–water partition coefficient (Wildman–Crippen LogP) is -0.380. The van der Waals surface area contributed by atoms with Gasteiger partial charge in [-0.3, -0.25) is 9.59 Å². The highest BCUT2D eigenvalue weighted by molar-refractivity contribution is 5.90. The number of amides is 2. The maximum atomic E-state index is 12.2. The fourth-order valence-corrected chi connectivity index (χ4v) is 2.41. The van der Waals surface area contributed by atoms with Crippen LogP contribution in [0, 0.1) is 0 Å². The smallest absolute Gasteiger partial charge is 0.243 e. The molecule has 6 nitrogen and oxygen atoms in total. The highest BCUT2D eigenvalue weighted by Gasteiger charge is 2.37. The monoisotopic (exact) mass is 269 g/mol. The van der Waals surface area contributed by atoms with Gasteiger partial charge < -0.3 is 20.7 Å². The van der Waals surface area contributed by atoms with Gasteiger partial charge >= 0.3 is 0 Å². The van der Waals surface area contributed by atoms with Gasteiger partial charge in [0.2, 0.25) is 11.8 Å². The largest absolute Gasteiger partial charge is 0.385 e. The molecular weight excluding hydrogens is 246 g/mol. The van der Waals surface area contributed by atoms with Crippen molar-refractivity contribution in [3.63, 3.8) is 0 Å². The van der Waals surface area contributed by atoms with Crippen molar-refractivity contribution in [1.82, 2.24) is 10.2 Å². The Hall–Kier alpha value is -1.14. The highest BCUT2D eigenvalue weighted by Crippen LogP contribution is 2.22. The van der Waals surface area contributed by atoms with Gasteiger partial charge in [0, 0.05) is 26.3 Å². The van der Waals surface area contributed by atoms with Crippen LogP contribution in [0.1, 0.15) is 32.1 Å². The summed E-state index contributed by atoms with van der Waals surface area (Å²) in [5.74, 6) is -0.155. The zero-order valence-electron chi connectivity index (χ0n) is 11.4. The van der Waals surface area contributed by atoms with Crippen LogP contribution in [0.25, 0.3) is 0 Å². The van der Waals surface area contributed by atoms with Crippen molar-refractivity contribution in [2.45, 2.75) is 50.2 Å². The second-order valence-corrected chi connectivity index (χ2v) is 5.36. The number of methoxy groups -OCH3 is 1. The van der Waals surface area contributed by atoms with E-state index in [1.54, 1.807) is 12.0 Å². The number of nitrogens with zero attached hydrogens (tertiary/aromatic N) is 1. The number of nitrogens with two attached hydrogens (primary N) is 1. The number of rotatable bonds is 6. The minimum atomic E-state index is -0.575. The van der Waals surface area contributed by atoms with Gasteiger partial charge in [-0.1, -0.05) is 0 Å². The first kappa shape index (κ1) is 14.3. The van der Waals surface area contributed by atoms with E-state index >= 15 is 0 Å². The van der Waals surface area contributed by atoms with E-state index in [1.807, 2.05) is 0 Å². The molecule has 2 aliphatic rings. The average Bonchev–Trinajstić information content (AvgIpc) is 3.08. The number of likely N-dealkylation sites (tertiary alicyclic amines) is 1. The fraction of sp³-hybridized carbons (Fsp3) is 0.846. The van der Waals surface area contributed by atoms with Gasteiger partial charge in [0.25, 0.3) is 0 Å². The lowest BCUT2D eigenvalue weighted by atomic mass is 10.1. The van der Waals surface area contributed by atoms with Crippen LogP contribution >= 0.6 is 0 Å². The van der Waals surface area contributed by atoms with Crippen molar-refractivity contribution in [1.29, 1.82) is 0 Å². The molecule has 2 unspecified atom stereocenters. The molecule has 2 rings (SSSR count). The number of carbonyl (C=O) groups is 2. The molecule has 2 atom stereocenters. The van der Waals surface area contributed by atoms with E-state index in [2.05, 4.69) is 5.32 Å². The summed E-state index contributed by atoms with van der Waals surface area (Å²) >= 11 is 0. The summed E-state index contributed by atoms with van der Waals surface area (Å²) in [6.45, 7) is 1.09. The van der Waals surface area contributed by atoms with E-state index in [0.29, 0.717) is 25.6 Å². The third-order valence-electron chi connectivity index (χ3n) is 3.71. The summed E-state index contributed by atoms with van der Waals surface area (Å²) in [6.07, 6.45) is 4.20. The molecular formula is C13H23N3O3. The molecule has 1 saturated heterocycles. The Morgan fingerprint density at radius 1 is 1.42 bits per heavy atom. The molecule has 19 heavy (non-hydrogen) atoms. The third-order valence-corrected chi connectivity index (χ3v) is 3.71. The zero-order chi connectivity index (χ0) is 13.8. The summed E-state index contributed by atoms with van der Waals surface area (Å²) in [4.78, 5) is 25.9. The van der Waals surface area contributed by atoms with Gasteiger partial charge in [0.1, 0.15) is 6.04 Å². The van der Waals surface area contributed by atoms with E-state index in [0.717, 1.165) is 25.7 Å². The highest BCUT2D eigenvalue weighted by atomic mass is 16.5. The van der Waals surface area contributed by atoms with Crippen LogP contribution in [0.4, 0.5) is 0 Å². The average molecular weight is 269 g/mol. The molecule has 1 aliphatic carbocycles. The van der Waals surface area contributed by atoms with Crippen LogP contribution in [0.15, 0.2) is 0 Å². The summed E-state index contributed by atoms with van der Waals surface area (Å²) in [6, 6.07) is -0.580. The molecule has 3 N–H and O–H groups in total. The molecule has 0 bridgehead atoms. The molecule has 2 amide bonds. The van der Waals surface area contributed by atoms with Gasteiger partial charge in [-0.05, 0) is 32.1 Å². The van der Waals surface area contributed by atoms with Crippen molar-refractivity contribution >= 4 is 11.8 Å². The summed E-state index contributed by atoms with van der Waals surface area (Å²) in [5, 5.41) is 2.96. The summed E-state index contributed by atoms with van der Waals surface area (Å²) < 4.78 is 4.93. The molecule has 0 spiro atoms. The minimum Gasteiger partial charge on any atom is -0.385 e. The second-order valence-electron chi connectivity index (χ2n) is 5.36. The number of nitrogens with one attached hydrogen (secondary N) is 1. The molecule has 1 saturated carbocycles. The third kappa shape index (κ3) is 3.67. The number of carbonyl (C=O) groups excluding carboxylic acids is 2. The molecule has 108 valence electrons. The normalized spacial score (nSPS) is 24.3. The van der Waals surface area contributed by atoms with Crippen molar-refractivity contribution in [2.24, 2.45) is 5.73 Å². The maximum absolute atomic E-state index is 12.2. The van der Waals surface area contributed by atoms with E-state index in [4.69, 9.17) is 10.5 Å². The first-order valence-corrected chi connectivity index (χ1v) is 6.99. The standard InChI is InChI=1S/C13H23N3O3/c1-19-8-6-10(14)13(18)16-7-2-3-11(16)12(17)15-9-4-5-9/h9-11H,2-8,14H2,1H3,(H,15,17). The lowest BCUT2D eigenvalue weighted by Crippen LogP contribution is -2.51. The van der Waals surface area contributed by atoms with Gasteiger partial charge in [0.15, 0.2) is 0 Å². The van der Waals surface area contributed by atoms with Crippen LogP contribution in [-0.4, -0.2) is 55.1 Å². The first-order valence-electron chi connectivity index (χ1n) is 6.99. The van der Waals surface area contributed by atoms with Crippen molar-refractivity contribution in [3.05, 3.63) is 0 Å². The molecule has 2 fully saturated rings. The summed E-state index contributed by atoms with van der Waals surface area (Å²) in [5.41, 5.74) is 5.86. The summed E-state index contributed by atoms with van der Waals surface area (Å²) in [7, 11) is 1.58. The molecule has 6 heteroatoms. The fourth-order valence-electron chi connectivity index (χ4n) is 2.41. The topological polar surface area (TPSA) is 84.7 Å². The lowest BCUT2D eigenvalue weighted by molar-refractivity contribution is -0.139. The van der Waals surface area contributed by atoms with E-state index in [1.165, 1.54) is 0 Å². The lowest BCUT2D eigenvalue weighted by Gasteiger charge is -2.26. The van der Waals surface area contributed by atoms with Gasteiger partial charge in [-0.2, -0.15) is 0 Å². The van der Waals surface area contributed by atoms with Crippen LogP contribution in [0.3, 0.4) is 0 Å². The van der Waals surface area contributed by atoms with Crippen molar-refractivity contribution in [3.8, 4) is 0 Å². The maximum Gasteiger partial charge on any atom is 0.243 e. The molecule has 0 radical (unpaired) electrons. The van der Waals surface area contributed by atoms with E-state index in [9.17, 15) is 9.59 Å². The number of hydrogen-bond acceptors (Lipinski definition) is 4. The van der Waals surface area contributed by atoms with E-state index < -0.39 is 6.04 Å². The number of hydrogen-bond donors (Lipinski definition) is 2. The van der Waals surface area contributed by atoms with Crippen LogP contribution < -0.4 is 11.1 Å². The van der Waals surface area contributed by atoms with E-state index in [-0.39, 0.29) is 17.9 Å². The Morgan fingerprint density at radius 2 is 2.16 bits per heavy atom.